The summed E-state index contributed by atoms with van der Waals surface area (Å²) >= 11 is 0. The van der Waals surface area contributed by atoms with Gasteiger partial charge < -0.3 is 25.3 Å². The van der Waals surface area contributed by atoms with Crippen LogP contribution in [0.25, 0.3) is 0 Å². The molecule has 1 saturated heterocycles. The molecule has 1 atom stereocenters. The summed E-state index contributed by atoms with van der Waals surface area (Å²) in [4.78, 5) is 4.36. The third-order valence-electron chi connectivity index (χ3n) is 3.75. The Hall–Kier alpha value is -1.06. The van der Waals surface area contributed by atoms with Gasteiger partial charge in [-0.05, 0) is 25.0 Å². The van der Waals surface area contributed by atoms with E-state index in [2.05, 4.69) is 29.4 Å². The van der Waals surface area contributed by atoms with Crippen LogP contribution in [0.5, 0.6) is 5.75 Å². The number of nitrogens with two attached hydrogens (primary N) is 1. The Balaban J connectivity index is 0.00000288. The van der Waals surface area contributed by atoms with Gasteiger partial charge in [-0.3, -0.25) is 0 Å². The fourth-order valence-electron chi connectivity index (χ4n) is 2.36. The van der Waals surface area contributed by atoms with Crippen LogP contribution in [0.4, 0.5) is 0 Å². The highest BCUT2D eigenvalue weighted by Crippen LogP contribution is 2.23. The van der Waals surface area contributed by atoms with Gasteiger partial charge in [0.1, 0.15) is 5.75 Å². The second kappa shape index (κ2) is 11.5. The third-order valence-corrected chi connectivity index (χ3v) is 3.75. The van der Waals surface area contributed by atoms with Gasteiger partial charge in [0.05, 0.1) is 26.4 Å². The molecule has 0 amide bonds. The maximum absolute atomic E-state index is 6.00. The van der Waals surface area contributed by atoms with Crippen molar-refractivity contribution in [2.24, 2.45) is 16.6 Å². The molecule has 0 aliphatic carbocycles. The number of nitrogens with zero attached hydrogens (tertiary/aromatic N) is 1. The number of hydrogen-bond acceptors (Lipinski definition) is 4. The number of aryl methyl sites for hydroxylation is 1. The van der Waals surface area contributed by atoms with Crippen LogP contribution in [-0.2, 0) is 16.0 Å². The number of aliphatic imine (C=N–C) groups is 1. The Labute approximate surface area is 161 Å². The van der Waals surface area contributed by atoms with E-state index < -0.39 is 0 Å². The van der Waals surface area contributed by atoms with Gasteiger partial charge in [-0.1, -0.05) is 12.1 Å². The second-order valence-corrected chi connectivity index (χ2v) is 5.77. The van der Waals surface area contributed by atoms with Crippen LogP contribution in [-0.4, -0.2) is 46.0 Å². The lowest BCUT2D eigenvalue weighted by atomic mass is 10.1. The maximum atomic E-state index is 6.00. The molecule has 0 saturated carbocycles. The van der Waals surface area contributed by atoms with E-state index in [9.17, 15) is 0 Å². The average molecular weight is 449 g/mol. The quantitative estimate of drug-likeness (QED) is 0.275. The summed E-state index contributed by atoms with van der Waals surface area (Å²) in [6, 6.07) is 6.15. The van der Waals surface area contributed by atoms with Gasteiger partial charge >= 0.3 is 0 Å². The van der Waals surface area contributed by atoms with Crippen molar-refractivity contribution in [1.82, 2.24) is 5.32 Å². The molecule has 1 unspecified atom stereocenters. The number of hydrogen-bond donors (Lipinski definition) is 2. The number of nitrogens with one attached hydrogen (secondary N) is 1. The topological polar surface area (TPSA) is 78.1 Å². The molecule has 24 heavy (non-hydrogen) atoms. The van der Waals surface area contributed by atoms with Crippen molar-refractivity contribution in [3.63, 3.8) is 0 Å². The molecule has 3 N–H and O–H groups in total. The lowest BCUT2D eigenvalue weighted by Crippen LogP contribution is -2.34. The Morgan fingerprint density at radius 1 is 1.46 bits per heavy atom. The molecule has 6 nitrogen and oxygen atoms in total. The summed E-state index contributed by atoms with van der Waals surface area (Å²) in [5.74, 6) is 1.77. The van der Waals surface area contributed by atoms with E-state index in [1.54, 1.807) is 7.11 Å². The minimum atomic E-state index is 0. The van der Waals surface area contributed by atoms with E-state index in [1.807, 2.05) is 6.07 Å². The SMILES string of the molecule is COCCNC(N)=NCc1ccc(C)cc1OCC1CCOC1.I. The fraction of sp³-hybridized carbons (Fsp3) is 0.588. The Morgan fingerprint density at radius 2 is 2.29 bits per heavy atom. The lowest BCUT2D eigenvalue weighted by Gasteiger charge is -2.14. The predicted molar refractivity (Wildman–Crippen MR) is 106 cm³/mol. The molecule has 0 spiro atoms. The first-order valence-corrected chi connectivity index (χ1v) is 8.02. The summed E-state index contributed by atoms with van der Waals surface area (Å²) in [5.41, 5.74) is 8.04. The van der Waals surface area contributed by atoms with E-state index >= 15 is 0 Å². The Bertz CT molecular complexity index is 520. The van der Waals surface area contributed by atoms with Gasteiger partial charge in [-0.2, -0.15) is 0 Å². The van der Waals surface area contributed by atoms with E-state index in [1.165, 1.54) is 5.56 Å². The number of halogens is 1. The first-order chi connectivity index (χ1) is 11.2. The molecule has 1 heterocycles. The Kier molecular flexibility index (Phi) is 10.0. The van der Waals surface area contributed by atoms with Crippen molar-refractivity contribution in [2.45, 2.75) is 19.9 Å². The zero-order valence-corrected chi connectivity index (χ0v) is 16.7. The highest BCUT2D eigenvalue weighted by molar-refractivity contribution is 14.0. The summed E-state index contributed by atoms with van der Waals surface area (Å²) in [7, 11) is 1.65. The molecule has 1 fully saturated rings. The van der Waals surface area contributed by atoms with Gasteiger partial charge in [0, 0.05) is 31.7 Å². The summed E-state index contributed by atoms with van der Waals surface area (Å²) < 4.78 is 16.4. The van der Waals surface area contributed by atoms with Crippen LogP contribution < -0.4 is 15.8 Å². The molecule has 0 bridgehead atoms. The molecule has 136 valence electrons. The number of benzene rings is 1. The van der Waals surface area contributed by atoms with Gasteiger partial charge in [0.25, 0.3) is 0 Å². The number of ether oxygens (including phenoxy) is 3. The van der Waals surface area contributed by atoms with Crippen molar-refractivity contribution in [3.8, 4) is 5.75 Å². The lowest BCUT2D eigenvalue weighted by molar-refractivity contribution is 0.166. The largest absolute Gasteiger partial charge is 0.493 e. The van der Waals surface area contributed by atoms with Crippen molar-refractivity contribution in [1.29, 1.82) is 0 Å². The molecule has 1 aliphatic heterocycles. The normalized spacial score (nSPS) is 17.4. The average Bonchev–Trinajstić information content (AvgIpc) is 3.05. The van der Waals surface area contributed by atoms with Crippen LogP contribution in [0.15, 0.2) is 23.2 Å². The number of methoxy groups -OCH3 is 1. The molecule has 1 aromatic rings. The summed E-state index contributed by atoms with van der Waals surface area (Å²) in [6.45, 7) is 6.09. The highest BCUT2D eigenvalue weighted by atomic mass is 127. The second-order valence-electron chi connectivity index (χ2n) is 5.77. The zero-order chi connectivity index (χ0) is 16.5. The van der Waals surface area contributed by atoms with Crippen LogP contribution >= 0.6 is 24.0 Å². The monoisotopic (exact) mass is 449 g/mol. The van der Waals surface area contributed by atoms with Gasteiger partial charge in [-0.25, -0.2) is 4.99 Å². The molecule has 7 heteroatoms. The molecule has 0 radical (unpaired) electrons. The number of guanidine groups is 1. The van der Waals surface area contributed by atoms with Crippen LogP contribution in [0, 0.1) is 12.8 Å². The first kappa shape index (κ1) is 21.0. The maximum Gasteiger partial charge on any atom is 0.189 e. The third kappa shape index (κ3) is 7.23. The van der Waals surface area contributed by atoms with Gasteiger partial charge in [-0.15, -0.1) is 24.0 Å². The molecule has 0 aromatic heterocycles. The highest BCUT2D eigenvalue weighted by Gasteiger charge is 2.17. The van der Waals surface area contributed by atoms with Crippen molar-refractivity contribution in [2.75, 3.05) is 40.1 Å². The van der Waals surface area contributed by atoms with E-state index in [-0.39, 0.29) is 24.0 Å². The molecular weight excluding hydrogens is 421 g/mol. The van der Waals surface area contributed by atoms with E-state index in [4.69, 9.17) is 19.9 Å². The molecule has 1 aliphatic rings. The first-order valence-electron chi connectivity index (χ1n) is 8.02. The number of rotatable bonds is 8. The van der Waals surface area contributed by atoms with E-state index in [0.717, 1.165) is 30.9 Å². The summed E-state index contributed by atoms with van der Waals surface area (Å²) in [5, 5.41) is 3.01. The van der Waals surface area contributed by atoms with Crippen LogP contribution in [0.2, 0.25) is 0 Å². The van der Waals surface area contributed by atoms with Crippen molar-refractivity contribution in [3.05, 3.63) is 29.3 Å². The smallest absolute Gasteiger partial charge is 0.189 e. The van der Waals surface area contributed by atoms with Gasteiger partial charge in [0.2, 0.25) is 0 Å². The molecular formula is C17H28IN3O3. The summed E-state index contributed by atoms with van der Waals surface area (Å²) in [6.07, 6.45) is 1.07. The molecule has 2 rings (SSSR count). The minimum Gasteiger partial charge on any atom is -0.493 e. The van der Waals surface area contributed by atoms with Gasteiger partial charge in [0.15, 0.2) is 5.96 Å². The van der Waals surface area contributed by atoms with Crippen LogP contribution in [0.3, 0.4) is 0 Å². The predicted octanol–water partition coefficient (Wildman–Crippen LogP) is 2.08. The minimum absolute atomic E-state index is 0. The fourth-order valence-corrected chi connectivity index (χ4v) is 2.36. The van der Waals surface area contributed by atoms with E-state index in [0.29, 0.717) is 38.2 Å². The van der Waals surface area contributed by atoms with Crippen molar-refractivity contribution >= 4 is 29.9 Å². The van der Waals surface area contributed by atoms with Crippen molar-refractivity contribution < 1.29 is 14.2 Å². The zero-order valence-electron chi connectivity index (χ0n) is 14.4. The Morgan fingerprint density at radius 3 is 3.00 bits per heavy atom. The molecule has 1 aromatic carbocycles. The standard InChI is InChI=1S/C17H27N3O3.HI/c1-13-3-4-15(10-20-17(18)19-6-8-21-2)16(9-13)23-12-14-5-7-22-11-14;/h3-4,9,14H,5-8,10-12H2,1-2H3,(H3,18,19,20);1H. The van der Waals surface area contributed by atoms with Crippen LogP contribution in [0.1, 0.15) is 17.5 Å².